The molecule has 7 heteroatoms. The van der Waals surface area contributed by atoms with Crippen LogP contribution in [0.2, 0.25) is 0 Å². The molecule has 2 bridgehead atoms. The van der Waals surface area contributed by atoms with E-state index in [0.29, 0.717) is 12.8 Å². The monoisotopic (exact) mass is 306 g/mol. The first kappa shape index (κ1) is 14.8. The Morgan fingerprint density at radius 2 is 2.10 bits per heavy atom. The molecule has 3 rings (SSSR count). The molecule has 0 aromatic rings. The molecule has 2 aliphatic carbocycles. The predicted molar refractivity (Wildman–Crippen MR) is 65.0 cm³/mol. The summed E-state index contributed by atoms with van der Waals surface area (Å²) in [7, 11) is 0. The summed E-state index contributed by atoms with van der Waals surface area (Å²) in [5, 5.41) is 9.85. The second-order valence-electron chi connectivity index (χ2n) is 6.39. The summed E-state index contributed by atoms with van der Waals surface area (Å²) >= 11 is 0. The number of carbonyl (C=O) groups excluding carboxylic acids is 1. The number of halogens is 3. The zero-order valence-electron chi connectivity index (χ0n) is 11.6. The van der Waals surface area contributed by atoms with Crippen LogP contribution in [-0.4, -0.2) is 34.7 Å². The molecule has 0 radical (unpaired) electrons. The third-order valence-electron chi connectivity index (χ3n) is 4.99. The number of aliphatic hydroxyl groups is 1. The van der Waals surface area contributed by atoms with Crippen LogP contribution in [0.4, 0.5) is 13.2 Å². The van der Waals surface area contributed by atoms with Crippen molar-refractivity contribution in [2.75, 3.05) is 0 Å². The van der Waals surface area contributed by atoms with Crippen LogP contribution in [0, 0.1) is 11.8 Å². The minimum absolute atomic E-state index is 0.107. The third kappa shape index (κ3) is 1.93. The second-order valence-corrected chi connectivity index (χ2v) is 6.39. The minimum atomic E-state index is -4.92. The molecule has 0 amide bonds. The summed E-state index contributed by atoms with van der Waals surface area (Å²) in [6, 6.07) is 0. The number of alkyl halides is 3. The molecular weight excluding hydrogens is 289 g/mol. The number of fused-ring (bicyclic) bond motifs is 5. The van der Waals surface area contributed by atoms with Gasteiger partial charge in [-0.05, 0) is 32.1 Å². The second kappa shape index (κ2) is 4.23. The van der Waals surface area contributed by atoms with E-state index >= 15 is 0 Å². The van der Waals surface area contributed by atoms with Crippen molar-refractivity contribution in [3.63, 3.8) is 0 Å². The first-order valence-electron chi connectivity index (χ1n) is 6.95. The number of ether oxygens (including phenoxy) is 2. The largest absolute Gasteiger partial charge is 0.452 e. The molecule has 5 atom stereocenters. The molecule has 1 heterocycles. The summed E-state index contributed by atoms with van der Waals surface area (Å²) in [6.45, 7) is 4.89. The first-order chi connectivity index (χ1) is 9.59. The SMILES string of the molecule is C=C(C)C(=O)OC12CC(O)(C(F)(F)F)OC1C1CCC2C1. The van der Waals surface area contributed by atoms with E-state index in [2.05, 4.69) is 6.58 Å². The van der Waals surface area contributed by atoms with Crippen LogP contribution >= 0.6 is 0 Å². The molecule has 4 nitrogen and oxygen atoms in total. The Balaban J connectivity index is 1.95. The molecule has 21 heavy (non-hydrogen) atoms. The summed E-state index contributed by atoms with van der Waals surface area (Å²) < 4.78 is 49.5. The highest BCUT2D eigenvalue weighted by Crippen LogP contribution is 2.63. The van der Waals surface area contributed by atoms with E-state index in [0.717, 1.165) is 6.42 Å². The van der Waals surface area contributed by atoms with Crippen LogP contribution in [0.25, 0.3) is 0 Å². The molecule has 118 valence electrons. The standard InChI is InChI=1S/C14H17F3O4/c1-7(2)11(18)21-12-6-13(19,14(15,16)17)20-10(12)8-3-4-9(12)5-8/h8-10,19H,1,3-6H2,2H3. The molecule has 1 N–H and O–H groups in total. The normalized spacial score (nSPS) is 44.7. The van der Waals surface area contributed by atoms with Gasteiger partial charge in [-0.2, -0.15) is 13.2 Å². The lowest BCUT2D eigenvalue weighted by molar-refractivity contribution is -0.359. The van der Waals surface area contributed by atoms with Crippen molar-refractivity contribution in [2.45, 2.75) is 56.3 Å². The lowest BCUT2D eigenvalue weighted by Gasteiger charge is -2.36. The van der Waals surface area contributed by atoms with Gasteiger partial charge >= 0.3 is 12.1 Å². The van der Waals surface area contributed by atoms with Gasteiger partial charge < -0.3 is 14.6 Å². The van der Waals surface area contributed by atoms with E-state index in [1.165, 1.54) is 6.92 Å². The van der Waals surface area contributed by atoms with E-state index < -0.39 is 36.1 Å². The predicted octanol–water partition coefficient (Wildman–Crippen LogP) is 2.31. The topological polar surface area (TPSA) is 55.8 Å². The van der Waals surface area contributed by atoms with E-state index in [1.807, 2.05) is 0 Å². The smallest absolute Gasteiger partial charge is 0.443 e. The molecule has 0 aromatic carbocycles. The van der Waals surface area contributed by atoms with Crippen LogP contribution in [0.3, 0.4) is 0 Å². The van der Waals surface area contributed by atoms with Crippen molar-refractivity contribution in [1.29, 1.82) is 0 Å². The van der Waals surface area contributed by atoms with Gasteiger partial charge in [-0.1, -0.05) is 6.58 Å². The van der Waals surface area contributed by atoms with Crippen molar-refractivity contribution in [2.24, 2.45) is 11.8 Å². The maximum absolute atomic E-state index is 13.1. The molecule has 2 saturated carbocycles. The Morgan fingerprint density at radius 1 is 1.43 bits per heavy atom. The van der Waals surface area contributed by atoms with Gasteiger partial charge in [0.25, 0.3) is 5.79 Å². The maximum Gasteiger partial charge on any atom is 0.443 e. The number of hydrogen-bond donors (Lipinski definition) is 1. The lowest BCUT2D eigenvalue weighted by atomic mass is 9.79. The highest BCUT2D eigenvalue weighted by Gasteiger charge is 2.75. The Morgan fingerprint density at radius 3 is 2.67 bits per heavy atom. The summed E-state index contributed by atoms with van der Waals surface area (Å²) in [4.78, 5) is 11.8. The average Bonchev–Trinajstić information content (AvgIpc) is 2.97. The van der Waals surface area contributed by atoms with E-state index in [-0.39, 0.29) is 17.4 Å². The number of rotatable bonds is 2. The number of hydrogen-bond acceptors (Lipinski definition) is 4. The molecule has 3 aliphatic rings. The number of carbonyl (C=O) groups is 1. The van der Waals surface area contributed by atoms with Gasteiger partial charge in [-0.3, -0.25) is 0 Å². The van der Waals surface area contributed by atoms with E-state index in [9.17, 15) is 23.1 Å². The van der Waals surface area contributed by atoms with Crippen molar-refractivity contribution in [1.82, 2.24) is 0 Å². The van der Waals surface area contributed by atoms with Crippen LogP contribution in [0.15, 0.2) is 12.2 Å². The molecule has 1 saturated heterocycles. The fourth-order valence-corrected chi connectivity index (χ4v) is 4.04. The lowest BCUT2D eigenvalue weighted by Crippen LogP contribution is -2.49. The van der Waals surface area contributed by atoms with E-state index in [4.69, 9.17) is 9.47 Å². The quantitative estimate of drug-likeness (QED) is 0.628. The fraction of sp³-hybridized carbons (Fsp3) is 0.786. The van der Waals surface area contributed by atoms with Crippen LogP contribution in [0.1, 0.15) is 32.6 Å². The molecular formula is C14H17F3O4. The van der Waals surface area contributed by atoms with Gasteiger partial charge in [0.05, 0.1) is 6.42 Å². The highest BCUT2D eigenvalue weighted by molar-refractivity contribution is 5.87. The number of esters is 1. The molecule has 0 spiro atoms. The average molecular weight is 306 g/mol. The van der Waals surface area contributed by atoms with Crippen molar-refractivity contribution < 1.29 is 32.5 Å². The Kier molecular flexibility index (Phi) is 2.99. The molecule has 0 aromatic heterocycles. The summed E-state index contributed by atoms with van der Waals surface area (Å²) in [5.74, 6) is -4.28. The van der Waals surface area contributed by atoms with Crippen LogP contribution in [-0.2, 0) is 14.3 Å². The summed E-state index contributed by atoms with van der Waals surface area (Å²) in [6.07, 6.45) is -4.49. The zero-order chi connectivity index (χ0) is 15.6. The molecule has 5 unspecified atom stereocenters. The fourth-order valence-electron chi connectivity index (χ4n) is 4.04. The van der Waals surface area contributed by atoms with Crippen molar-refractivity contribution >= 4 is 5.97 Å². The maximum atomic E-state index is 13.1. The van der Waals surface area contributed by atoms with Gasteiger partial charge in [-0.15, -0.1) is 0 Å². The Labute approximate surface area is 119 Å². The zero-order valence-corrected chi connectivity index (χ0v) is 11.6. The van der Waals surface area contributed by atoms with Crippen LogP contribution in [0.5, 0.6) is 0 Å². The Bertz CT molecular complexity index is 503. The van der Waals surface area contributed by atoms with E-state index in [1.54, 1.807) is 0 Å². The third-order valence-corrected chi connectivity index (χ3v) is 4.99. The van der Waals surface area contributed by atoms with Gasteiger partial charge in [0.1, 0.15) is 11.7 Å². The highest BCUT2D eigenvalue weighted by atomic mass is 19.4. The van der Waals surface area contributed by atoms with Crippen molar-refractivity contribution in [3.05, 3.63) is 12.2 Å². The van der Waals surface area contributed by atoms with Gasteiger partial charge in [0.2, 0.25) is 0 Å². The molecule has 3 fully saturated rings. The van der Waals surface area contributed by atoms with Gasteiger partial charge in [0, 0.05) is 11.5 Å². The van der Waals surface area contributed by atoms with Gasteiger partial charge in [0.15, 0.2) is 0 Å². The van der Waals surface area contributed by atoms with Gasteiger partial charge in [-0.25, -0.2) is 4.79 Å². The van der Waals surface area contributed by atoms with Crippen molar-refractivity contribution in [3.8, 4) is 0 Å². The first-order valence-corrected chi connectivity index (χ1v) is 6.95. The molecule has 1 aliphatic heterocycles. The Hall–Kier alpha value is -1.08. The van der Waals surface area contributed by atoms with Crippen LogP contribution < -0.4 is 0 Å². The minimum Gasteiger partial charge on any atom is -0.452 e. The summed E-state index contributed by atoms with van der Waals surface area (Å²) in [5.41, 5.74) is -1.27.